The second-order valence-electron chi connectivity index (χ2n) is 28.3. The fourth-order valence-electron chi connectivity index (χ4n) is 17.9. The Bertz CT molecular complexity index is 4720. The summed E-state index contributed by atoms with van der Waals surface area (Å²) >= 11 is 0. The summed E-state index contributed by atoms with van der Waals surface area (Å²) < 4.78 is 234. The number of aliphatic hydroxyl groups excluding tert-OH is 3. The molecule has 9 N–H and O–H groups in total. The minimum atomic E-state index is -4.66. The number of rotatable bonds is 20. The van der Waals surface area contributed by atoms with Crippen LogP contribution in [0.25, 0.3) is 0 Å². The number of ether oxygens (including phenoxy) is 6. The second kappa shape index (κ2) is 31.4. The number of benzene rings is 6. The van der Waals surface area contributed by atoms with Gasteiger partial charge in [0.15, 0.2) is 33.6 Å². The number of carbonyl (C=O) groups excluding carboxylic acids is 1. The van der Waals surface area contributed by atoms with E-state index < -0.39 is 167 Å². The van der Waals surface area contributed by atoms with Crippen LogP contribution in [0, 0.1) is 17.8 Å². The van der Waals surface area contributed by atoms with E-state index in [1.807, 2.05) is 0 Å². The van der Waals surface area contributed by atoms with Crippen molar-refractivity contribution in [2.75, 3.05) is 54.1 Å². The third-order valence-electron chi connectivity index (χ3n) is 22.4. The molecule has 6 heterocycles. The Morgan fingerprint density at radius 1 is 0.409 bits per heavy atom. The molecule has 3 fully saturated rings. The number of halogens is 15. The number of hydrogen-bond donors (Lipinski definition) is 9. The van der Waals surface area contributed by atoms with Crippen molar-refractivity contribution < 1.29 is 130 Å². The minimum absolute atomic E-state index is 0.00770. The largest absolute Gasteiger partial charge is 0.495 e. The molecule has 15 rings (SSSR count). The van der Waals surface area contributed by atoms with Gasteiger partial charge in [0, 0.05) is 42.7 Å². The van der Waals surface area contributed by atoms with Gasteiger partial charge in [-0.05, 0) is 69.8 Å². The Balaban J connectivity index is 0.000000150. The number of nitrogens with zero attached hydrogens (tertiary/aromatic N) is 3. The first-order chi connectivity index (χ1) is 54.6. The first-order valence-electron chi connectivity index (χ1n) is 35.6. The van der Waals surface area contributed by atoms with E-state index in [4.69, 9.17) is 28.4 Å². The van der Waals surface area contributed by atoms with Gasteiger partial charge >= 0.3 is 18.5 Å². The number of methoxy groups -OCH3 is 3. The number of fused-ring (bicyclic) bond motifs is 9. The quantitative estimate of drug-likeness (QED) is 0.0321. The standard InChI is InChI=1S/C27H23F5N2O5.2C27H25F5N2O4/c1-38-17-11-33-12-18-22(17)25(37)23(35)20(24(36)34-13-19(28)29)21(14-5-3-2-4-6-14)26(25,39-18)15-7-9-16(10-8-15)27(30,31)32;2*1-37-19-12-34-13-20-23(19)25(36)24(35)18(11-33-14-21(28)29)22(15-5-3-2-4-6-15)26(25,38-20)16-7-9-17(10-8-16)27(30,31)32/h2-12,19-21,23,35,37H,13H2,1H3,(H,34,36);2*2-10,12-13,18,21-22,24,33,35-36H,11,14H2,1H3/t20-,21-,23-,25+,26+;2*18-,22-,24-,25+,26+/m111/s1. The van der Waals surface area contributed by atoms with Crippen molar-refractivity contribution in [1.82, 2.24) is 30.9 Å². The van der Waals surface area contributed by atoms with Crippen LogP contribution in [0.15, 0.2) is 201 Å². The summed E-state index contributed by atoms with van der Waals surface area (Å²) in [5, 5.41) is 80.2. The molecule has 0 radical (unpaired) electrons. The van der Waals surface area contributed by atoms with Crippen molar-refractivity contribution in [3.05, 3.63) is 268 Å². The SMILES string of the molecule is COc1cncc2c1[C@]1(O)[C@H](O)[C@H](C(=O)NCC(F)F)[C@@H](c3ccccc3)[C@]1(c1ccc(C(F)(F)F)cc1)O2.COc1cncc2c1[C@]1(O)[C@H](O)[C@H](CNCC(F)F)[C@@H](c3ccccc3)[C@]1(c1ccc(C(F)(F)F)cc1)O2.COc1cncc2c1[C@]1(O)[C@H](O)[C@H](CNCC(F)F)[C@@H](c3ccccc3)[C@]1(c1ccc(C(F)(F)F)cc1)O2. The molecule has 34 heteroatoms. The summed E-state index contributed by atoms with van der Waals surface area (Å²) in [7, 11) is 3.97. The van der Waals surface area contributed by atoms with Crippen LogP contribution >= 0.6 is 0 Å². The Morgan fingerprint density at radius 2 is 0.687 bits per heavy atom. The van der Waals surface area contributed by atoms with E-state index in [9.17, 15) is 101 Å². The molecule has 115 heavy (non-hydrogen) atoms. The van der Waals surface area contributed by atoms with Crippen LogP contribution in [0.1, 0.15) is 84.5 Å². The number of hydrogen-bond acceptors (Lipinski definition) is 18. The Morgan fingerprint density at radius 3 is 0.965 bits per heavy atom. The average molecular weight is 1620 g/mol. The van der Waals surface area contributed by atoms with Crippen LogP contribution in [0.2, 0.25) is 0 Å². The fourth-order valence-corrected chi connectivity index (χ4v) is 17.9. The first-order valence-corrected chi connectivity index (χ1v) is 35.6. The van der Waals surface area contributed by atoms with Crippen molar-refractivity contribution >= 4 is 5.91 Å². The predicted molar refractivity (Wildman–Crippen MR) is 378 cm³/mol. The molecule has 15 atom stereocenters. The highest BCUT2D eigenvalue weighted by Gasteiger charge is 2.80. The van der Waals surface area contributed by atoms with Gasteiger partial charge in [-0.1, -0.05) is 127 Å². The summed E-state index contributed by atoms with van der Waals surface area (Å²) in [4.78, 5) is 25.6. The fraction of sp³-hybridized carbons (Fsp3) is 0.358. The van der Waals surface area contributed by atoms with Crippen molar-refractivity contribution in [2.45, 2.75) is 107 Å². The summed E-state index contributed by atoms with van der Waals surface area (Å²) in [6, 6.07) is 37.6. The highest BCUT2D eigenvalue weighted by atomic mass is 19.4. The van der Waals surface area contributed by atoms with E-state index in [0.29, 0.717) is 16.7 Å². The topological polar surface area (TPSA) is 269 Å². The first kappa shape index (κ1) is 82.6. The molecule has 0 unspecified atom stereocenters. The molecule has 6 aliphatic rings. The van der Waals surface area contributed by atoms with Gasteiger partial charge in [0.05, 0.1) is 130 Å². The molecule has 3 aliphatic heterocycles. The molecule has 3 aliphatic carbocycles. The van der Waals surface area contributed by atoms with Crippen molar-refractivity contribution in [3.63, 3.8) is 0 Å². The smallest absolute Gasteiger partial charge is 0.416 e. The molecule has 0 bridgehead atoms. The molecule has 6 aromatic carbocycles. The summed E-state index contributed by atoms with van der Waals surface area (Å²) in [5.41, 5.74) is -13.6. The van der Waals surface area contributed by atoms with Gasteiger partial charge in [-0.25, -0.2) is 26.3 Å². The van der Waals surface area contributed by atoms with Gasteiger partial charge in [-0.3, -0.25) is 19.7 Å². The van der Waals surface area contributed by atoms with Crippen LogP contribution < -0.4 is 44.4 Å². The molecule has 3 aromatic heterocycles. The molecule has 3 saturated carbocycles. The van der Waals surface area contributed by atoms with Crippen molar-refractivity contribution in [2.24, 2.45) is 17.8 Å². The monoisotopic (exact) mass is 1620 g/mol. The Kier molecular flexibility index (Phi) is 22.5. The van der Waals surface area contributed by atoms with Crippen molar-refractivity contribution in [1.29, 1.82) is 0 Å². The molecule has 9 aromatic rings. The summed E-state index contributed by atoms with van der Waals surface area (Å²) in [6.07, 6.45) is -19.4. The van der Waals surface area contributed by atoms with Crippen LogP contribution in [0.3, 0.4) is 0 Å². The van der Waals surface area contributed by atoms with Gasteiger partial charge < -0.3 is 75.0 Å². The van der Waals surface area contributed by atoms with E-state index >= 15 is 0 Å². The lowest BCUT2D eigenvalue weighted by Gasteiger charge is -2.41. The minimum Gasteiger partial charge on any atom is -0.495 e. The van der Waals surface area contributed by atoms with Crippen LogP contribution in [0.5, 0.6) is 34.5 Å². The third-order valence-corrected chi connectivity index (χ3v) is 22.4. The second-order valence-corrected chi connectivity index (χ2v) is 28.3. The average Bonchev–Trinajstić information content (AvgIpc) is 1.51. The van der Waals surface area contributed by atoms with Gasteiger partial charge in [0.2, 0.25) is 5.91 Å². The number of pyridine rings is 3. The van der Waals surface area contributed by atoms with Gasteiger partial charge in [0.25, 0.3) is 19.3 Å². The van der Waals surface area contributed by atoms with E-state index in [-0.39, 0.29) is 81.0 Å². The lowest BCUT2D eigenvalue weighted by molar-refractivity contribution is -0.155. The highest BCUT2D eigenvalue weighted by Crippen LogP contribution is 2.73. The zero-order valence-electron chi connectivity index (χ0n) is 60.6. The van der Waals surface area contributed by atoms with Gasteiger partial charge in [-0.2, -0.15) is 39.5 Å². The maximum absolute atomic E-state index is 13.4. The van der Waals surface area contributed by atoms with Crippen molar-refractivity contribution in [3.8, 4) is 34.5 Å². The molecule has 0 saturated heterocycles. The maximum atomic E-state index is 13.4. The molecule has 19 nitrogen and oxygen atoms in total. The van der Waals surface area contributed by atoms with Crippen LogP contribution in [0.4, 0.5) is 65.9 Å². The predicted octanol–water partition coefficient (Wildman–Crippen LogP) is 12.2. The number of aliphatic hydroxyl groups is 6. The lowest BCUT2D eigenvalue weighted by atomic mass is 9.70. The summed E-state index contributed by atoms with van der Waals surface area (Å²) in [5.74, 6) is -7.03. The zero-order valence-corrected chi connectivity index (χ0v) is 60.6. The van der Waals surface area contributed by atoms with Gasteiger partial charge in [-0.15, -0.1) is 0 Å². The molecular weight excluding hydrogens is 1550 g/mol. The molecule has 0 spiro atoms. The molecule has 1 amide bonds. The number of aromatic nitrogens is 3. The van der Waals surface area contributed by atoms with Crippen LogP contribution in [-0.2, 0) is 56.9 Å². The van der Waals surface area contributed by atoms with E-state index in [2.05, 4.69) is 30.9 Å². The van der Waals surface area contributed by atoms with E-state index in [1.54, 1.807) is 91.0 Å². The molecule has 610 valence electrons. The Labute approximate surface area is 645 Å². The number of carbonyl (C=O) groups is 1. The van der Waals surface area contributed by atoms with E-state index in [0.717, 1.165) is 48.5 Å². The van der Waals surface area contributed by atoms with Crippen LogP contribution in [-0.4, -0.2) is 143 Å². The summed E-state index contributed by atoms with van der Waals surface area (Å²) in [6.45, 7) is -2.59. The molecular formula is C81H73F15N6O13. The lowest BCUT2D eigenvalue weighted by Crippen LogP contribution is -2.52. The number of alkyl halides is 15. The highest BCUT2D eigenvalue weighted by molar-refractivity contribution is 5.83. The Hall–Kier alpha value is -10.3. The van der Waals surface area contributed by atoms with E-state index in [1.165, 1.54) is 82.8 Å². The zero-order chi connectivity index (χ0) is 82.8. The third kappa shape index (κ3) is 13.6. The number of amides is 1. The normalized spacial score (nSPS) is 28.0. The van der Waals surface area contributed by atoms with Gasteiger partial charge in [0.1, 0.15) is 40.6 Å². The maximum Gasteiger partial charge on any atom is 0.416 e. The number of nitrogens with one attached hydrogen (secondary N) is 3.